The average molecular weight is 343 g/mol. The quantitative estimate of drug-likeness (QED) is 0.258. The monoisotopic (exact) mass is 342 g/mol. The molecule has 3 heteroatoms. The first-order chi connectivity index (χ1) is 11.5. The molecule has 144 valence electrons. The van der Waals surface area contributed by atoms with E-state index in [4.69, 9.17) is 0 Å². The molecular formula is C21H42O3. The lowest BCUT2D eigenvalue weighted by Gasteiger charge is -2.28. The van der Waals surface area contributed by atoms with Crippen LogP contribution in [0.25, 0.3) is 0 Å². The van der Waals surface area contributed by atoms with Crippen LogP contribution >= 0.6 is 0 Å². The summed E-state index contributed by atoms with van der Waals surface area (Å²) in [5, 5.41) is 19.2. The zero-order chi connectivity index (χ0) is 18.1. The third-order valence-electron chi connectivity index (χ3n) is 5.11. The second-order valence-corrected chi connectivity index (χ2v) is 8.00. The maximum atomic E-state index is 10.2. The predicted molar refractivity (Wildman–Crippen MR) is 102 cm³/mol. The Balaban J connectivity index is 3.19. The molecule has 1 unspecified atom stereocenters. The van der Waals surface area contributed by atoms with Crippen molar-refractivity contribution < 1.29 is 15.0 Å². The van der Waals surface area contributed by atoms with Gasteiger partial charge in [0, 0.05) is 11.8 Å². The fourth-order valence-corrected chi connectivity index (χ4v) is 3.01. The minimum Gasteiger partial charge on any atom is -0.396 e. The van der Waals surface area contributed by atoms with Gasteiger partial charge in [0.1, 0.15) is 6.29 Å². The van der Waals surface area contributed by atoms with E-state index in [1.807, 2.05) is 13.8 Å². The van der Waals surface area contributed by atoms with Gasteiger partial charge in [-0.2, -0.15) is 0 Å². The first kappa shape index (κ1) is 23.6. The summed E-state index contributed by atoms with van der Waals surface area (Å²) < 4.78 is 0. The maximum absolute atomic E-state index is 10.2. The highest BCUT2D eigenvalue weighted by Gasteiger charge is 2.26. The molecule has 0 heterocycles. The second kappa shape index (κ2) is 16.1. The largest absolute Gasteiger partial charge is 0.396 e. The molecule has 0 bridgehead atoms. The van der Waals surface area contributed by atoms with Crippen LogP contribution in [-0.4, -0.2) is 29.2 Å². The highest BCUT2D eigenvalue weighted by atomic mass is 16.3. The number of unbranched alkanes of at least 4 members (excludes halogenated alkanes) is 13. The Labute approximate surface area is 150 Å². The van der Waals surface area contributed by atoms with Gasteiger partial charge in [-0.3, -0.25) is 0 Å². The van der Waals surface area contributed by atoms with Crippen LogP contribution in [0.5, 0.6) is 0 Å². The van der Waals surface area contributed by atoms with Crippen molar-refractivity contribution in [2.24, 2.45) is 5.41 Å². The summed E-state index contributed by atoms with van der Waals surface area (Å²) in [5.41, 5.74) is -0.367. The van der Waals surface area contributed by atoms with Crippen LogP contribution in [0.15, 0.2) is 0 Å². The van der Waals surface area contributed by atoms with E-state index in [1.165, 1.54) is 70.6 Å². The highest BCUT2D eigenvalue weighted by Crippen LogP contribution is 2.24. The van der Waals surface area contributed by atoms with Gasteiger partial charge < -0.3 is 15.0 Å². The maximum Gasteiger partial charge on any atom is 0.119 e. The minimum atomic E-state index is -0.388. The molecule has 0 aliphatic rings. The van der Waals surface area contributed by atoms with Crippen molar-refractivity contribution in [2.75, 3.05) is 6.61 Å². The number of aliphatic hydroxyl groups excluding tert-OH is 2. The number of carbonyl (C=O) groups is 1. The third kappa shape index (κ3) is 14.0. The summed E-state index contributed by atoms with van der Waals surface area (Å²) >= 11 is 0. The summed E-state index contributed by atoms with van der Waals surface area (Å²) in [6, 6.07) is 0. The van der Waals surface area contributed by atoms with Gasteiger partial charge in [0.05, 0.1) is 12.7 Å². The molecule has 24 heavy (non-hydrogen) atoms. The molecule has 0 aromatic carbocycles. The first-order valence-corrected chi connectivity index (χ1v) is 10.3. The molecule has 0 aliphatic heterocycles. The van der Waals surface area contributed by atoms with Gasteiger partial charge in [-0.15, -0.1) is 0 Å². The van der Waals surface area contributed by atoms with Gasteiger partial charge in [-0.05, 0) is 12.8 Å². The topological polar surface area (TPSA) is 57.5 Å². The van der Waals surface area contributed by atoms with Gasteiger partial charge in [-0.1, -0.05) is 90.9 Å². The van der Waals surface area contributed by atoms with Gasteiger partial charge in [-0.25, -0.2) is 0 Å². The van der Waals surface area contributed by atoms with Crippen LogP contribution in [0.4, 0.5) is 0 Å². The van der Waals surface area contributed by atoms with Gasteiger partial charge in [0.2, 0.25) is 0 Å². The van der Waals surface area contributed by atoms with Crippen molar-refractivity contribution in [1.82, 2.24) is 0 Å². The predicted octanol–water partition coefficient (Wildman–Crippen LogP) is 5.42. The lowest BCUT2D eigenvalue weighted by atomic mass is 9.84. The number of hydrogen-bond acceptors (Lipinski definition) is 3. The van der Waals surface area contributed by atoms with Crippen LogP contribution in [0.2, 0.25) is 0 Å². The van der Waals surface area contributed by atoms with Gasteiger partial charge in [0.25, 0.3) is 0 Å². The first-order valence-electron chi connectivity index (χ1n) is 10.3. The van der Waals surface area contributed by atoms with Gasteiger partial charge in [0.15, 0.2) is 0 Å². The average Bonchev–Trinajstić information content (AvgIpc) is 2.58. The molecule has 0 radical (unpaired) electrons. The molecule has 0 amide bonds. The molecule has 2 N–H and O–H groups in total. The lowest BCUT2D eigenvalue weighted by molar-refractivity contribution is -0.107. The molecule has 0 saturated carbocycles. The molecular weight excluding hydrogens is 300 g/mol. The van der Waals surface area contributed by atoms with Crippen LogP contribution in [-0.2, 0) is 4.79 Å². The molecule has 0 aromatic heterocycles. The number of carbonyl (C=O) groups excluding carboxylic acids is 1. The van der Waals surface area contributed by atoms with E-state index in [9.17, 15) is 15.0 Å². The number of aliphatic hydroxyl groups is 2. The molecule has 0 spiro atoms. The highest BCUT2D eigenvalue weighted by molar-refractivity contribution is 5.48. The fourth-order valence-electron chi connectivity index (χ4n) is 3.01. The Morgan fingerprint density at radius 1 is 0.750 bits per heavy atom. The third-order valence-corrected chi connectivity index (χ3v) is 5.11. The van der Waals surface area contributed by atoms with E-state index in [0.29, 0.717) is 0 Å². The Kier molecular flexibility index (Phi) is 15.8. The van der Waals surface area contributed by atoms with E-state index >= 15 is 0 Å². The van der Waals surface area contributed by atoms with Gasteiger partial charge >= 0.3 is 0 Å². The summed E-state index contributed by atoms with van der Waals surface area (Å²) in [6.07, 6.45) is 18.7. The molecule has 0 rings (SSSR count). The molecule has 3 nitrogen and oxygen atoms in total. The van der Waals surface area contributed by atoms with Crippen LogP contribution in [0, 0.1) is 5.41 Å². The molecule has 0 fully saturated rings. The van der Waals surface area contributed by atoms with Crippen molar-refractivity contribution in [3.05, 3.63) is 0 Å². The van der Waals surface area contributed by atoms with E-state index in [1.54, 1.807) is 0 Å². The van der Waals surface area contributed by atoms with Crippen LogP contribution < -0.4 is 0 Å². The zero-order valence-corrected chi connectivity index (χ0v) is 16.3. The molecule has 0 aromatic rings. The van der Waals surface area contributed by atoms with Crippen molar-refractivity contribution in [3.63, 3.8) is 0 Å². The SMILES string of the molecule is CC(C)(CO)C(O)CCCCCCCCCCCCCCCC=O. The number of aldehydes is 1. The fraction of sp³-hybridized carbons (Fsp3) is 0.952. The van der Waals surface area contributed by atoms with Crippen molar-refractivity contribution >= 4 is 6.29 Å². The van der Waals surface area contributed by atoms with Crippen molar-refractivity contribution in [2.45, 2.75) is 116 Å². The molecule has 0 saturated heterocycles. The Morgan fingerprint density at radius 2 is 1.12 bits per heavy atom. The Hall–Kier alpha value is -0.410. The smallest absolute Gasteiger partial charge is 0.119 e. The summed E-state index contributed by atoms with van der Waals surface area (Å²) in [5.74, 6) is 0. The molecule has 1 atom stereocenters. The molecule has 0 aliphatic carbocycles. The van der Waals surface area contributed by atoms with Crippen molar-refractivity contribution in [1.29, 1.82) is 0 Å². The van der Waals surface area contributed by atoms with E-state index in [0.717, 1.165) is 32.0 Å². The van der Waals surface area contributed by atoms with Crippen LogP contribution in [0.1, 0.15) is 110 Å². The number of rotatable bonds is 18. The standard InChI is InChI=1S/C21H42O3/c1-21(2,19-23)20(24)17-15-13-11-9-7-5-3-4-6-8-10-12-14-16-18-22/h18,20,23-24H,3-17,19H2,1-2H3. The summed E-state index contributed by atoms with van der Waals surface area (Å²) in [6.45, 7) is 3.89. The number of hydrogen-bond donors (Lipinski definition) is 2. The summed E-state index contributed by atoms with van der Waals surface area (Å²) in [7, 11) is 0. The van der Waals surface area contributed by atoms with E-state index < -0.39 is 0 Å². The minimum absolute atomic E-state index is 0.0485. The summed E-state index contributed by atoms with van der Waals surface area (Å²) in [4.78, 5) is 10.2. The second-order valence-electron chi connectivity index (χ2n) is 8.00. The lowest BCUT2D eigenvalue weighted by Crippen LogP contribution is -2.32. The van der Waals surface area contributed by atoms with E-state index in [-0.39, 0.29) is 18.1 Å². The van der Waals surface area contributed by atoms with E-state index in [2.05, 4.69) is 0 Å². The Bertz CT molecular complexity index is 276. The van der Waals surface area contributed by atoms with Crippen LogP contribution in [0.3, 0.4) is 0 Å². The Morgan fingerprint density at radius 3 is 1.50 bits per heavy atom. The van der Waals surface area contributed by atoms with Crippen molar-refractivity contribution in [3.8, 4) is 0 Å². The zero-order valence-electron chi connectivity index (χ0n) is 16.3. The normalized spacial score (nSPS) is 13.2.